The van der Waals surface area contributed by atoms with Gasteiger partial charge in [0.05, 0.1) is 11.3 Å². The predicted octanol–water partition coefficient (Wildman–Crippen LogP) is 1.95. The molecule has 1 amide bonds. The van der Waals surface area contributed by atoms with Gasteiger partial charge in [-0.05, 0) is 24.3 Å². The van der Waals surface area contributed by atoms with Crippen molar-refractivity contribution in [2.75, 3.05) is 30.3 Å². The summed E-state index contributed by atoms with van der Waals surface area (Å²) in [7, 11) is 0. The zero-order valence-electron chi connectivity index (χ0n) is 11.7. The first-order valence-corrected chi connectivity index (χ1v) is 8.62. The second-order valence-corrected chi connectivity index (χ2v) is 6.48. The number of nitrogens with zero attached hydrogens (tertiary/aromatic N) is 3. The van der Waals surface area contributed by atoms with Gasteiger partial charge in [-0.3, -0.25) is 4.79 Å². The van der Waals surface area contributed by atoms with Crippen LogP contribution in [-0.4, -0.2) is 41.3 Å². The Bertz CT molecular complexity index is 630. The van der Waals surface area contributed by atoms with Crippen LogP contribution < -0.4 is 10.2 Å². The summed E-state index contributed by atoms with van der Waals surface area (Å²) in [5, 5.41) is 6.05. The molecule has 0 spiro atoms. The smallest absolute Gasteiger partial charge is 0.224 e. The first kappa shape index (κ1) is 14.6. The first-order chi connectivity index (χ1) is 10.3. The van der Waals surface area contributed by atoms with E-state index in [1.54, 1.807) is 17.7 Å². The number of hydrogen-bond acceptors (Lipinski definition) is 6. The number of rotatable bonds is 4. The van der Waals surface area contributed by atoms with Crippen molar-refractivity contribution in [3.8, 4) is 0 Å². The molecule has 0 saturated carbocycles. The number of carbonyl (C=O) groups is 1. The summed E-state index contributed by atoms with van der Waals surface area (Å²) in [5.74, 6) is 1.78. The first-order valence-electron chi connectivity index (χ1n) is 7.11. The van der Waals surface area contributed by atoms with E-state index in [4.69, 9.17) is 0 Å². The van der Waals surface area contributed by atoms with Crippen LogP contribution in [0.1, 0.15) is 12.8 Å². The van der Waals surface area contributed by atoms with Gasteiger partial charge in [0.25, 0.3) is 0 Å². The summed E-state index contributed by atoms with van der Waals surface area (Å²) in [6.07, 6.45) is 3.56. The normalized spacial score (nSPS) is 18.9. The number of thiophene rings is 1. The number of hydrogen-bond donors (Lipinski definition) is 2. The van der Waals surface area contributed by atoms with E-state index in [9.17, 15) is 4.79 Å². The number of piperidine rings is 1. The van der Waals surface area contributed by atoms with E-state index in [1.165, 1.54) is 0 Å². The van der Waals surface area contributed by atoms with Crippen LogP contribution >= 0.6 is 24.0 Å². The van der Waals surface area contributed by atoms with Crippen molar-refractivity contribution in [2.45, 2.75) is 12.8 Å². The Kier molecular flexibility index (Phi) is 4.60. The third kappa shape index (κ3) is 3.13. The molecule has 1 saturated heterocycles. The molecule has 0 radical (unpaired) electrons. The average molecular weight is 322 g/mol. The molecule has 1 N–H and O–H groups in total. The van der Waals surface area contributed by atoms with E-state index in [2.05, 4.69) is 38.9 Å². The number of amides is 1. The molecule has 1 fully saturated rings. The van der Waals surface area contributed by atoms with Crippen LogP contribution in [0, 0.1) is 5.92 Å². The topological polar surface area (TPSA) is 58.1 Å². The molecule has 2 aromatic heterocycles. The highest BCUT2D eigenvalue weighted by atomic mass is 32.1. The lowest BCUT2D eigenvalue weighted by atomic mass is 9.97. The zero-order valence-corrected chi connectivity index (χ0v) is 13.4. The summed E-state index contributed by atoms with van der Waals surface area (Å²) in [4.78, 5) is 24.1. The number of nitrogens with one attached hydrogen (secondary N) is 1. The molecular formula is C14H18N4OS2. The lowest BCUT2D eigenvalue weighted by molar-refractivity contribution is -0.125. The van der Waals surface area contributed by atoms with Gasteiger partial charge in [0.15, 0.2) is 0 Å². The molecule has 1 aliphatic heterocycles. The fourth-order valence-corrected chi connectivity index (χ4v) is 3.58. The molecule has 1 atom stereocenters. The highest BCUT2D eigenvalue weighted by Crippen LogP contribution is 2.29. The van der Waals surface area contributed by atoms with Crippen molar-refractivity contribution in [2.24, 2.45) is 5.92 Å². The SMILES string of the molecule is O=C(NCCS)C1CCCN(c2ncnc3sccc23)C1. The Morgan fingerprint density at radius 2 is 2.43 bits per heavy atom. The van der Waals surface area contributed by atoms with Crippen LogP contribution in [0.15, 0.2) is 17.8 Å². The molecule has 3 rings (SSSR count). The van der Waals surface area contributed by atoms with E-state index in [0.29, 0.717) is 12.3 Å². The lowest BCUT2D eigenvalue weighted by Crippen LogP contribution is -2.43. The van der Waals surface area contributed by atoms with Crippen molar-refractivity contribution in [3.05, 3.63) is 17.8 Å². The number of carbonyl (C=O) groups excluding carboxylic acids is 1. The summed E-state index contributed by atoms with van der Waals surface area (Å²) >= 11 is 5.74. The van der Waals surface area contributed by atoms with Gasteiger partial charge < -0.3 is 10.2 Å². The van der Waals surface area contributed by atoms with Crippen molar-refractivity contribution in [1.82, 2.24) is 15.3 Å². The van der Waals surface area contributed by atoms with Crippen LogP contribution in [0.5, 0.6) is 0 Å². The van der Waals surface area contributed by atoms with Crippen LogP contribution in [0.2, 0.25) is 0 Å². The minimum Gasteiger partial charge on any atom is -0.355 e. The molecular weight excluding hydrogens is 304 g/mol. The van der Waals surface area contributed by atoms with E-state index in [0.717, 1.165) is 42.0 Å². The Labute approximate surface area is 133 Å². The van der Waals surface area contributed by atoms with E-state index in [-0.39, 0.29) is 11.8 Å². The second-order valence-electron chi connectivity index (χ2n) is 5.14. The van der Waals surface area contributed by atoms with Crippen LogP contribution in [-0.2, 0) is 4.79 Å². The number of aromatic nitrogens is 2. The fraction of sp³-hybridized carbons (Fsp3) is 0.500. The van der Waals surface area contributed by atoms with Gasteiger partial charge in [-0.1, -0.05) is 0 Å². The summed E-state index contributed by atoms with van der Waals surface area (Å²) in [5.41, 5.74) is 0. The molecule has 0 aliphatic carbocycles. The standard InChI is InChI=1S/C14H18N4OS2/c19-13(15-4-6-20)10-2-1-5-18(8-10)12-11-3-7-21-14(11)17-9-16-12/h3,7,9-10,20H,1-2,4-6,8H2,(H,15,19). The van der Waals surface area contributed by atoms with E-state index < -0.39 is 0 Å². The molecule has 21 heavy (non-hydrogen) atoms. The molecule has 112 valence electrons. The van der Waals surface area contributed by atoms with Gasteiger partial charge in [-0.2, -0.15) is 12.6 Å². The lowest BCUT2D eigenvalue weighted by Gasteiger charge is -2.33. The van der Waals surface area contributed by atoms with Gasteiger partial charge in [0, 0.05) is 25.4 Å². The average Bonchev–Trinajstić information content (AvgIpc) is 3.01. The Hall–Kier alpha value is -1.34. The summed E-state index contributed by atoms with van der Waals surface area (Å²) in [6.45, 7) is 2.29. The summed E-state index contributed by atoms with van der Waals surface area (Å²) < 4.78 is 0. The Morgan fingerprint density at radius 3 is 3.29 bits per heavy atom. The van der Waals surface area contributed by atoms with Gasteiger partial charge >= 0.3 is 0 Å². The molecule has 1 unspecified atom stereocenters. The van der Waals surface area contributed by atoms with E-state index >= 15 is 0 Å². The molecule has 5 nitrogen and oxygen atoms in total. The largest absolute Gasteiger partial charge is 0.355 e. The van der Waals surface area contributed by atoms with Crippen molar-refractivity contribution in [1.29, 1.82) is 0 Å². The molecule has 7 heteroatoms. The maximum Gasteiger partial charge on any atom is 0.224 e. The minimum atomic E-state index is 0.0299. The van der Waals surface area contributed by atoms with Crippen molar-refractivity contribution < 1.29 is 4.79 Å². The molecule has 0 aromatic carbocycles. The highest BCUT2D eigenvalue weighted by Gasteiger charge is 2.27. The molecule has 2 aromatic rings. The number of thiol groups is 1. The van der Waals surface area contributed by atoms with Gasteiger partial charge in [-0.25, -0.2) is 9.97 Å². The third-order valence-electron chi connectivity index (χ3n) is 3.74. The van der Waals surface area contributed by atoms with Crippen molar-refractivity contribution in [3.63, 3.8) is 0 Å². The van der Waals surface area contributed by atoms with E-state index in [1.807, 2.05) is 5.38 Å². The van der Waals surface area contributed by atoms with Gasteiger partial charge in [0.1, 0.15) is 17.0 Å². The highest BCUT2D eigenvalue weighted by molar-refractivity contribution is 7.80. The van der Waals surface area contributed by atoms with Crippen LogP contribution in [0.25, 0.3) is 10.2 Å². The maximum absolute atomic E-state index is 12.1. The predicted molar refractivity (Wildman–Crippen MR) is 89.2 cm³/mol. The van der Waals surface area contributed by atoms with Crippen LogP contribution in [0.3, 0.4) is 0 Å². The molecule has 1 aliphatic rings. The quantitative estimate of drug-likeness (QED) is 0.845. The molecule has 3 heterocycles. The fourth-order valence-electron chi connectivity index (χ4n) is 2.74. The monoisotopic (exact) mass is 322 g/mol. The van der Waals surface area contributed by atoms with Gasteiger partial charge in [0.2, 0.25) is 5.91 Å². The maximum atomic E-state index is 12.1. The van der Waals surface area contributed by atoms with Crippen molar-refractivity contribution >= 4 is 45.9 Å². The third-order valence-corrected chi connectivity index (χ3v) is 4.79. The molecule has 0 bridgehead atoms. The summed E-state index contributed by atoms with van der Waals surface area (Å²) in [6, 6.07) is 2.06. The number of anilines is 1. The van der Waals surface area contributed by atoms with Crippen LogP contribution in [0.4, 0.5) is 5.82 Å². The Morgan fingerprint density at radius 1 is 1.52 bits per heavy atom. The Balaban J connectivity index is 1.77. The van der Waals surface area contributed by atoms with Gasteiger partial charge in [-0.15, -0.1) is 11.3 Å². The number of fused-ring (bicyclic) bond motifs is 1. The second kappa shape index (κ2) is 6.62. The minimum absolute atomic E-state index is 0.0299. The zero-order chi connectivity index (χ0) is 14.7.